The van der Waals surface area contributed by atoms with Crippen LogP contribution in [-0.4, -0.2) is 61.5 Å². The van der Waals surface area contributed by atoms with E-state index < -0.39 is 10.0 Å². The Bertz CT molecular complexity index is 921. The van der Waals surface area contributed by atoms with Crippen LogP contribution in [0.5, 0.6) is 0 Å². The number of hydrogen-bond donors (Lipinski definition) is 1. The normalized spacial score (nSPS) is 27.2. The molecule has 2 aromatic rings. The van der Waals surface area contributed by atoms with E-state index in [9.17, 15) is 8.42 Å². The Morgan fingerprint density at radius 1 is 1.03 bits per heavy atom. The standard InChI is InChI=1S/C22H31N5O3S/c1-31(28,29)26-20-10-14-27(21-5-2-3-11-23-21)15-18(20)16-30-19-8-6-17(7-9-19)22-24-12-4-13-25-22/h2-5,11-13,17-20,26H,6-10,14-16H2,1H3/t17?,18?,19?,20-/m0/s1. The van der Waals surface area contributed by atoms with Crippen molar-refractivity contribution in [3.8, 4) is 0 Å². The van der Waals surface area contributed by atoms with Crippen molar-refractivity contribution in [2.24, 2.45) is 5.92 Å². The summed E-state index contributed by atoms with van der Waals surface area (Å²) in [6.07, 6.45) is 11.5. The van der Waals surface area contributed by atoms with Gasteiger partial charge in [-0.2, -0.15) is 0 Å². The Hall–Kier alpha value is -2.10. The van der Waals surface area contributed by atoms with Crippen LogP contribution in [0.4, 0.5) is 5.82 Å². The van der Waals surface area contributed by atoms with E-state index in [0.29, 0.717) is 12.5 Å². The number of aromatic nitrogens is 3. The summed E-state index contributed by atoms with van der Waals surface area (Å²) in [5.41, 5.74) is 0. The molecule has 1 saturated carbocycles. The number of rotatable bonds is 7. The minimum atomic E-state index is -3.27. The largest absolute Gasteiger partial charge is 0.378 e. The van der Waals surface area contributed by atoms with Crippen LogP contribution in [-0.2, 0) is 14.8 Å². The summed E-state index contributed by atoms with van der Waals surface area (Å²) in [7, 11) is -3.27. The summed E-state index contributed by atoms with van der Waals surface area (Å²) >= 11 is 0. The predicted octanol–water partition coefficient (Wildman–Crippen LogP) is 2.36. The number of nitrogens with one attached hydrogen (secondary N) is 1. The van der Waals surface area contributed by atoms with Gasteiger partial charge in [-0.15, -0.1) is 0 Å². The van der Waals surface area contributed by atoms with Gasteiger partial charge in [0, 0.05) is 49.6 Å². The topological polar surface area (TPSA) is 97.3 Å². The molecule has 9 heteroatoms. The molecule has 4 rings (SSSR count). The zero-order valence-corrected chi connectivity index (χ0v) is 18.7. The molecule has 1 N–H and O–H groups in total. The fraction of sp³-hybridized carbons (Fsp3) is 0.591. The molecule has 1 unspecified atom stereocenters. The maximum absolute atomic E-state index is 11.9. The van der Waals surface area contributed by atoms with Crippen molar-refractivity contribution in [1.29, 1.82) is 0 Å². The summed E-state index contributed by atoms with van der Waals surface area (Å²) in [6, 6.07) is 7.60. The van der Waals surface area contributed by atoms with Gasteiger partial charge in [0.1, 0.15) is 11.6 Å². The molecule has 0 aromatic carbocycles. The number of sulfonamides is 1. The number of hydrogen-bond acceptors (Lipinski definition) is 7. The first-order valence-electron chi connectivity index (χ1n) is 11.0. The molecule has 0 radical (unpaired) electrons. The molecule has 1 aliphatic heterocycles. The Labute approximate surface area is 184 Å². The first kappa shape index (κ1) is 22.1. The molecule has 1 saturated heterocycles. The van der Waals surface area contributed by atoms with E-state index in [1.165, 1.54) is 6.26 Å². The summed E-state index contributed by atoms with van der Waals surface area (Å²) in [4.78, 5) is 15.5. The van der Waals surface area contributed by atoms with Crippen molar-refractivity contribution in [3.63, 3.8) is 0 Å². The van der Waals surface area contributed by atoms with E-state index in [1.807, 2.05) is 24.3 Å². The second-order valence-electron chi connectivity index (χ2n) is 8.59. The van der Waals surface area contributed by atoms with Crippen molar-refractivity contribution in [3.05, 3.63) is 48.7 Å². The minimum Gasteiger partial charge on any atom is -0.378 e. The maximum Gasteiger partial charge on any atom is 0.208 e. The second kappa shape index (κ2) is 10.0. The molecule has 8 nitrogen and oxygen atoms in total. The van der Waals surface area contributed by atoms with Crippen molar-refractivity contribution < 1.29 is 13.2 Å². The van der Waals surface area contributed by atoms with Gasteiger partial charge in [-0.05, 0) is 50.3 Å². The van der Waals surface area contributed by atoms with Crippen LogP contribution in [0.15, 0.2) is 42.9 Å². The molecule has 168 valence electrons. The number of ether oxygens (including phenoxy) is 1. The first-order valence-corrected chi connectivity index (χ1v) is 12.9. The highest BCUT2D eigenvalue weighted by atomic mass is 32.2. The van der Waals surface area contributed by atoms with Gasteiger partial charge in [0.25, 0.3) is 0 Å². The summed E-state index contributed by atoms with van der Waals surface area (Å²) in [5.74, 6) is 2.32. The van der Waals surface area contributed by atoms with Crippen LogP contribution < -0.4 is 9.62 Å². The molecule has 0 bridgehead atoms. The van der Waals surface area contributed by atoms with Gasteiger partial charge in [-0.1, -0.05) is 6.07 Å². The smallest absolute Gasteiger partial charge is 0.208 e. The monoisotopic (exact) mass is 445 g/mol. The van der Waals surface area contributed by atoms with Crippen LogP contribution in [0.2, 0.25) is 0 Å². The Balaban J connectivity index is 1.34. The fourth-order valence-corrected chi connectivity index (χ4v) is 5.51. The van der Waals surface area contributed by atoms with Gasteiger partial charge in [0.05, 0.1) is 19.0 Å². The van der Waals surface area contributed by atoms with Crippen LogP contribution in [0.3, 0.4) is 0 Å². The molecule has 2 aliphatic rings. The first-order chi connectivity index (χ1) is 15.0. The molecule has 3 heterocycles. The lowest BCUT2D eigenvalue weighted by Gasteiger charge is -2.40. The molecule has 0 amide bonds. The van der Waals surface area contributed by atoms with Crippen LogP contribution in [0.1, 0.15) is 43.8 Å². The third-order valence-corrected chi connectivity index (χ3v) is 6.97. The SMILES string of the molecule is CS(=O)(=O)N[C@H]1CCN(c2ccccn2)CC1COC1CCC(c2ncccn2)CC1. The average molecular weight is 446 g/mol. The molecule has 31 heavy (non-hydrogen) atoms. The Kier molecular flexibility index (Phi) is 7.14. The van der Waals surface area contributed by atoms with E-state index >= 15 is 0 Å². The van der Waals surface area contributed by atoms with Crippen molar-refractivity contribution in [2.45, 2.75) is 50.2 Å². The summed E-state index contributed by atoms with van der Waals surface area (Å²) in [6.45, 7) is 2.02. The Morgan fingerprint density at radius 2 is 1.77 bits per heavy atom. The van der Waals surface area contributed by atoms with Gasteiger partial charge in [0.2, 0.25) is 10.0 Å². The maximum atomic E-state index is 11.9. The number of nitrogens with zero attached hydrogens (tertiary/aromatic N) is 4. The minimum absolute atomic E-state index is 0.0701. The van der Waals surface area contributed by atoms with Crippen molar-refractivity contribution in [2.75, 3.05) is 30.9 Å². The molecular formula is C22H31N5O3S. The zero-order chi connectivity index (χ0) is 21.7. The lowest BCUT2D eigenvalue weighted by atomic mass is 9.86. The molecule has 2 fully saturated rings. The third-order valence-electron chi connectivity index (χ3n) is 6.24. The van der Waals surface area contributed by atoms with Gasteiger partial charge in [-0.3, -0.25) is 0 Å². The molecule has 0 spiro atoms. The van der Waals surface area contributed by atoms with E-state index in [2.05, 4.69) is 24.6 Å². The average Bonchev–Trinajstić information content (AvgIpc) is 2.79. The van der Waals surface area contributed by atoms with E-state index in [1.54, 1.807) is 18.6 Å². The second-order valence-corrected chi connectivity index (χ2v) is 10.4. The highest BCUT2D eigenvalue weighted by Crippen LogP contribution is 2.33. The van der Waals surface area contributed by atoms with E-state index in [0.717, 1.165) is 56.8 Å². The zero-order valence-electron chi connectivity index (χ0n) is 17.9. The molecule has 1 aliphatic carbocycles. The molecule has 2 atom stereocenters. The van der Waals surface area contributed by atoms with Gasteiger partial charge in [-0.25, -0.2) is 28.1 Å². The number of pyridine rings is 1. The lowest BCUT2D eigenvalue weighted by Crippen LogP contribution is -2.52. The van der Waals surface area contributed by atoms with Crippen LogP contribution in [0, 0.1) is 5.92 Å². The molecular weight excluding hydrogens is 414 g/mol. The lowest BCUT2D eigenvalue weighted by molar-refractivity contribution is -0.00252. The highest BCUT2D eigenvalue weighted by molar-refractivity contribution is 7.88. The number of anilines is 1. The summed E-state index contributed by atoms with van der Waals surface area (Å²) < 4.78 is 32.9. The van der Waals surface area contributed by atoms with Crippen molar-refractivity contribution >= 4 is 15.8 Å². The van der Waals surface area contributed by atoms with Crippen molar-refractivity contribution in [1.82, 2.24) is 19.7 Å². The summed E-state index contributed by atoms with van der Waals surface area (Å²) in [5, 5.41) is 0. The Morgan fingerprint density at radius 3 is 2.45 bits per heavy atom. The van der Waals surface area contributed by atoms with Gasteiger partial charge < -0.3 is 9.64 Å². The fourth-order valence-electron chi connectivity index (χ4n) is 4.65. The van der Waals surface area contributed by atoms with Gasteiger partial charge in [0.15, 0.2) is 0 Å². The van der Waals surface area contributed by atoms with E-state index in [4.69, 9.17) is 4.74 Å². The van der Waals surface area contributed by atoms with E-state index in [-0.39, 0.29) is 18.1 Å². The number of piperidine rings is 1. The third kappa shape index (κ3) is 6.21. The molecule has 2 aromatic heterocycles. The van der Waals surface area contributed by atoms with Gasteiger partial charge >= 0.3 is 0 Å². The van der Waals surface area contributed by atoms with Crippen LogP contribution in [0.25, 0.3) is 0 Å². The highest BCUT2D eigenvalue weighted by Gasteiger charge is 2.33. The quantitative estimate of drug-likeness (QED) is 0.699. The van der Waals surface area contributed by atoms with Crippen LogP contribution >= 0.6 is 0 Å². The predicted molar refractivity (Wildman–Crippen MR) is 119 cm³/mol.